The minimum atomic E-state index is -0.746. The SMILES string of the molecule is CCCC1CCN(CCO)C(C(=O)O)C1. The van der Waals surface area contributed by atoms with Crippen molar-refractivity contribution in [2.24, 2.45) is 5.92 Å². The molecule has 0 aromatic heterocycles. The Balaban J connectivity index is 2.52. The number of aliphatic hydroxyl groups excluding tert-OH is 1. The number of carboxylic acid groups (broad SMARTS) is 1. The Morgan fingerprint density at radius 1 is 1.53 bits per heavy atom. The second kappa shape index (κ2) is 6.08. The predicted octanol–water partition coefficient (Wildman–Crippen LogP) is 0.944. The summed E-state index contributed by atoms with van der Waals surface area (Å²) in [5, 5.41) is 18.0. The van der Waals surface area contributed by atoms with Gasteiger partial charge in [-0.05, 0) is 25.3 Å². The van der Waals surface area contributed by atoms with Crippen molar-refractivity contribution in [1.29, 1.82) is 0 Å². The summed E-state index contributed by atoms with van der Waals surface area (Å²) in [6.45, 7) is 3.47. The van der Waals surface area contributed by atoms with Gasteiger partial charge in [0.15, 0.2) is 0 Å². The molecule has 15 heavy (non-hydrogen) atoms. The van der Waals surface area contributed by atoms with Gasteiger partial charge in [-0.1, -0.05) is 19.8 Å². The molecule has 1 aliphatic heterocycles. The molecule has 0 spiro atoms. The molecule has 1 fully saturated rings. The highest BCUT2D eigenvalue weighted by atomic mass is 16.4. The lowest BCUT2D eigenvalue weighted by atomic mass is 9.87. The lowest BCUT2D eigenvalue weighted by Gasteiger charge is -2.36. The summed E-state index contributed by atoms with van der Waals surface area (Å²) in [5.74, 6) is -0.199. The second-order valence-electron chi connectivity index (χ2n) is 4.29. The summed E-state index contributed by atoms with van der Waals surface area (Å²) in [7, 11) is 0. The first-order valence-corrected chi connectivity index (χ1v) is 5.76. The zero-order chi connectivity index (χ0) is 11.3. The zero-order valence-electron chi connectivity index (χ0n) is 9.35. The number of likely N-dealkylation sites (tertiary alicyclic amines) is 1. The third-order valence-corrected chi connectivity index (χ3v) is 3.19. The lowest BCUT2D eigenvalue weighted by Crippen LogP contribution is -2.48. The molecule has 0 aliphatic carbocycles. The Morgan fingerprint density at radius 2 is 2.27 bits per heavy atom. The van der Waals surface area contributed by atoms with Gasteiger partial charge in [0, 0.05) is 6.54 Å². The lowest BCUT2D eigenvalue weighted by molar-refractivity contribution is -0.145. The monoisotopic (exact) mass is 215 g/mol. The van der Waals surface area contributed by atoms with Crippen molar-refractivity contribution >= 4 is 5.97 Å². The van der Waals surface area contributed by atoms with Gasteiger partial charge >= 0.3 is 5.97 Å². The number of carboxylic acids is 1. The van der Waals surface area contributed by atoms with E-state index in [1.165, 1.54) is 0 Å². The fourth-order valence-corrected chi connectivity index (χ4v) is 2.41. The standard InChI is InChI=1S/C11H21NO3/c1-2-3-9-4-5-12(6-7-13)10(8-9)11(14)15/h9-10,13H,2-8H2,1H3,(H,14,15). The van der Waals surface area contributed by atoms with Crippen LogP contribution < -0.4 is 0 Å². The van der Waals surface area contributed by atoms with Crippen LogP contribution in [0, 0.1) is 5.92 Å². The van der Waals surface area contributed by atoms with Crippen LogP contribution in [0.3, 0.4) is 0 Å². The Morgan fingerprint density at radius 3 is 2.80 bits per heavy atom. The van der Waals surface area contributed by atoms with Crippen molar-refractivity contribution in [3.8, 4) is 0 Å². The topological polar surface area (TPSA) is 60.8 Å². The first-order chi connectivity index (χ1) is 7.19. The summed E-state index contributed by atoms with van der Waals surface area (Å²) in [6, 6.07) is -0.387. The van der Waals surface area contributed by atoms with Crippen LogP contribution in [0.15, 0.2) is 0 Å². The third-order valence-electron chi connectivity index (χ3n) is 3.19. The van der Waals surface area contributed by atoms with Crippen LogP contribution in [-0.4, -0.2) is 46.8 Å². The van der Waals surface area contributed by atoms with Gasteiger partial charge in [0.1, 0.15) is 6.04 Å². The Kier molecular flexibility index (Phi) is 5.05. The molecule has 0 radical (unpaired) electrons. The predicted molar refractivity (Wildman–Crippen MR) is 57.7 cm³/mol. The molecule has 2 atom stereocenters. The van der Waals surface area contributed by atoms with Crippen LogP contribution >= 0.6 is 0 Å². The smallest absolute Gasteiger partial charge is 0.320 e. The van der Waals surface area contributed by atoms with Crippen LogP contribution in [-0.2, 0) is 4.79 Å². The van der Waals surface area contributed by atoms with Crippen LogP contribution in [0.2, 0.25) is 0 Å². The van der Waals surface area contributed by atoms with Crippen molar-refractivity contribution in [1.82, 2.24) is 4.90 Å². The molecule has 2 unspecified atom stereocenters. The summed E-state index contributed by atoms with van der Waals surface area (Å²) >= 11 is 0. The van der Waals surface area contributed by atoms with E-state index in [9.17, 15) is 4.79 Å². The average molecular weight is 215 g/mol. The van der Waals surface area contributed by atoms with E-state index in [0.717, 1.165) is 32.2 Å². The molecule has 4 heteroatoms. The highest BCUT2D eigenvalue weighted by molar-refractivity contribution is 5.73. The minimum absolute atomic E-state index is 0.0439. The number of piperidine rings is 1. The molecule has 88 valence electrons. The molecule has 0 amide bonds. The van der Waals surface area contributed by atoms with Gasteiger partial charge in [-0.15, -0.1) is 0 Å². The molecule has 0 bridgehead atoms. The van der Waals surface area contributed by atoms with E-state index in [-0.39, 0.29) is 12.6 Å². The van der Waals surface area contributed by atoms with Gasteiger partial charge < -0.3 is 10.2 Å². The van der Waals surface area contributed by atoms with E-state index in [1.807, 2.05) is 4.90 Å². The van der Waals surface area contributed by atoms with Gasteiger partial charge in [0.05, 0.1) is 6.61 Å². The highest BCUT2D eigenvalue weighted by Gasteiger charge is 2.32. The van der Waals surface area contributed by atoms with Gasteiger partial charge in [-0.2, -0.15) is 0 Å². The molecular weight excluding hydrogens is 194 g/mol. The van der Waals surface area contributed by atoms with Crippen molar-refractivity contribution in [2.45, 2.75) is 38.6 Å². The largest absolute Gasteiger partial charge is 0.480 e. The molecule has 0 aromatic rings. The molecule has 2 N–H and O–H groups in total. The van der Waals surface area contributed by atoms with E-state index in [0.29, 0.717) is 12.5 Å². The third kappa shape index (κ3) is 3.47. The van der Waals surface area contributed by atoms with Crippen LogP contribution in [0.4, 0.5) is 0 Å². The molecule has 1 saturated heterocycles. The van der Waals surface area contributed by atoms with Gasteiger partial charge in [-0.25, -0.2) is 0 Å². The Bertz CT molecular complexity index is 208. The summed E-state index contributed by atoms with van der Waals surface area (Å²) in [4.78, 5) is 12.9. The molecule has 4 nitrogen and oxygen atoms in total. The maximum atomic E-state index is 11.1. The maximum absolute atomic E-state index is 11.1. The normalized spacial score (nSPS) is 27.9. The molecule has 1 heterocycles. The molecule has 0 saturated carbocycles. The Labute approximate surface area is 90.9 Å². The van der Waals surface area contributed by atoms with E-state index < -0.39 is 5.97 Å². The number of rotatable bonds is 5. The average Bonchev–Trinajstić information content (AvgIpc) is 2.21. The quantitative estimate of drug-likeness (QED) is 0.716. The summed E-state index contributed by atoms with van der Waals surface area (Å²) in [5.41, 5.74) is 0. The molecular formula is C11H21NO3. The van der Waals surface area contributed by atoms with Crippen molar-refractivity contribution in [3.05, 3.63) is 0 Å². The first kappa shape index (κ1) is 12.5. The summed E-state index contributed by atoms with van der Waals surface area (Å²) < 4.78 is 0. The van der Waals surface area contributed by atoms with Crippen LogP contribution in [0.25, 0.3) is 0 Å². The van der Waals surface area contributed by atoms with E-state index >= 15 is 0 Å². The first-order valence-electron chi connectivity index (χ1n) is 5.76. The maximum Gasteiger partial charge on any atom is 0.320 e. The van der Waals surface area contributed by atoms with Gasteiger partial charge in [0.25, 0.3) is 0 Å². The Hall–Kier alpha value is -0.610. The zero-order valence-corrected chi connectivity index (χ0v) is 9.35. The van der Waals surface area contributed by atoms with Gasteiger partial charge in [-0.3, -0.25) is 9.69 Å². The number of β-amino-alcohol motifs (C(OH)–C–C–N with tert-alkyl or cyclic N) is 1. The van der Waals surface area contributed by atoms with Crippen LogP contribution in [0.1, 0.15) is 32.6 Å². The van der Waals surface area contributed by atoms with Gasteiger partial charge in [0.2, 0.25) is 0 Å². The van der Waals surface area contributed by atoms with E-state index in [1.54, 1.807) is 0 Å². The number of hydrogen-bond acceptors (Lipinski definition) is 3. The number of aliphatic hydroxyl groups is 1. The molecule has 1 rings (SSSR count). The molecule has 0 aromatic carbocycles. The highest BCUT2D eigenvalue weighted by Crippen LogP contribution is 2.26. The summed E-state index contributed by atoms with van der Waals surface area (Å²) in [6.07, 6.45) is 4.05. The fraction of sp³-hybridized carbons (Fsp3) is 0.909. The number of nitrogens with zero attached hydrogens (tertiary/aromatic N) is 1. The fourth-order valence-electron chi connectivity index (χ4n) is 2.41. The van der Waals surface area contributed by atoms with Crippen molar-refractivity contribution in [2.75, 3.05) is 19.7 Å². The second-order valence-corrected chi connectivity index (χ2v) is 4.29. The van der Waals surface area contributed by atoms with Crippen molar-refractivity contribution in [3.63, 3.8) is 0 Å². The minimum Gasteiger partial charge on any atom is -0.480 e. The molecule has 1 aliphatic rings. The van der Waals surface area contributed by atoms with E-state index in [2.05, 4.69) is 6.92 Å². The van der Waals surface area contributed by atoms with Crippen LogP contribution in [0.5, 0.6) is 0 Å². The number of carbonyl (C=O) groups is 1. The number of hydrogen-bond donors (Lipinski definition) is 2. The van der Waals surface area contributed by atoms with Crippen molar-refractivity contribution < 1.29 is 15.0 Å². The number of aliphatic carboxylic acids is 1. The van der Waals surface area contributed by atoms with E-state index in [4.69, 9.17) is 10.2 Å².